The molecule has 7 heteroatoms. The topological polar surface area (TPSA) is 88.1 Å². The van der Waals surface area contributed by atoms with E-state index in [1.807, 2.05) is 0 Å². The number of hydrogen-bond donors (Lipinski definition) is 2. The van der Waals surface area contributed by atoms with Crippen LogP contribution in [0.1, 0.15) is 36.0 Å². The van der Waals surface area contributed by atoms with Crippen molar-refractivity contribution >= 4 is 23.4 Å². The lowest BCUT2D eigenvalue weighted by Crippen LogP contribution is -2.34. The molecule has 4 rings (SSSR count). The smallest absolute Gasteiger partial charge is 0.414 e. The minimum atomic E-state index is -0.423. The quantitative estimate of drug-likeness (QED) is 0.807. The van der Waals surface area contributed by atoms with E-state index < -0.39 is 6.10 Å². The highest BCUT2D eigenvalue weighted by atomic mass is 16.6. The number of nitrogens with zero attached hydrogens (tertiary/aromatic N) is 1. The molecule has 1 saturated carbocycles. The second-order valence-corrected chi connectivity index (χ2v) is 7.30. The first-order chi connectivity index (χ1) is 14.1. The van der Waals surface area contributed by atoms with Crippen LogP contribution in [0.2, 0.25) is 0 Å². The number of aliphatic hydroxyl groups excluding tert-OH is 1. The zero-order valence-corrected chi connectivity index (χ0v) is 16.0. The fourth-order valence-corrected chi connectivity index (χ4v) is 3.63. The summed E-state index contributed by atoms with van der Waals surface area (Å²) >= 11 is 0. The van der Waals surface area contributed by atoms with Gasteiger partial charge in [0.25, 0.3) is 5.91 Å². The lowest BCUT2D eigenvalue weighted by atomic mass is 9.95. The molecular weight excluding hydrogens is 372 g/mol. The van der Waals surface area contributed by atoms with Gasteiger partial charge in [0.1, 0.15) is 18.5 Å². The van der Waals surface area contributed by atoms with Crippen LogP contribution in [0.4, 0.5) is 16.2 Å². The lowest BCUT2D eigenvalue weighted by Gasteiger charge is -2.28. The maximum atomic E-state index is 12.5. The van der Waals surface area contributed by atoms with Crippen LogP contribution in [0, 0.1) is 0 Å². The Bertz CT molecular complexity index is 866. The van der Waals surface area contributed by atoms with Crippen LogP contribution in [-0.4, -0.2) is 42.5 Å². The second kappa shape index (κ2) is 8.53. The summed E-state index contributed by atoms with van der Waals surface area (Å²) in [5, 5.41) is 12.9. The second-order valence-electron chi connectivity index (χ2n) is 7.30. The zero-order chi connectivity index (χ0) is 20.2. The average Bonchev–Trinajstić information content (AvgIpc) is 3.17. The highest BCUT2D eigenvalue weighted by Crippen LogP contribution is 2.25. The summed E-state index contributed by atoms with van der Waals surface area (Å²) in [6.07, 6.45) is 2.76. The van der Waals surface area contributed by atoms with Gasteiger partial charge < -0.3 is 19.9 Å². The summed E-state index contributed by atoms with van der Waals surface area (Å²) in [5.41, 5.74) is 1.85. The maximum absolute atomic E-state index is 12.5. The van der Waals surface area contributed by atoms with Crippen LogP contribution >= 0.6 is 0 Å². The summed E-state index contributed by atoms with van der Waals surface area (Å²) in [7, 11) is 0. The third kappa shape index (κ3) is 4.51. The molecule has 1 aliphatic carbocycles. The minimum absolute atomic E-state index is 0.171. The van der Waals surface area contributed by atoms with Gasteiger partial charge in [0.2, 0.25) is 0 Å². The van der Waals surface area contributed by atoms with E-state index in [9.17, 15) is 14.7 Å². The Balaban J connectivity index is 1.35. The van der Waals surface area contributed by atoms with Gasteiger partial charge in [-0.25, -0.2) is 4.79 Å². The number of carbonyl (C=O) groups excluding carboxylic acids is 2. The molecular formula is C22H24N2O5. The normalized spacial score (nSPS) is 21.6. The molecule has 2 aliphatic rings. The van der Waals surface area contributed by atoms with Gasteiger partial charge in [0, 0.05) is 16.9 Å². The molecule has 1 saturated heterocycles. The van der Waals surface area contributed by atoms with Gasteiger partial charge in [0.15, 0.2) is 0 Å². The predicted molar refractivity (Wildman–Crippen MR) is 108 cm³/mol. The molecule has 0 bridgehead atoms. The molecule has 0 unspecified atom stereocenters. The van der Waals surface area contributed by atoms with Crippen molar-refractivity contribution in [2.75, 3.05) is 23.4 Å². The number of anilines is 2. The van der Waals surface area contributed by atoms with Crippen molar-refractivity contribution in [2.24, 2.45) is 0 Å². The highest BCUT2D eigenvalue weighted by molar-refractivity contribution is 6.04. The molecule has 0 radical (unpaired) electrons. The summed E-state index contributed by atoms with van der Waals surface area (Å²) in [6, 6.07) is 13.9. The number of nitrogens with one attached hydrogen (secondary N) is 1. The van der Waals surface area contributed by atoms with Crippen LogP contribution < -0.4 is 15.0 Å². The van der Waals surface area contributed by atoms with E-state index >= 15 is 0 Å². The Morgan fingerprint density at radius 2 is 1.79 bits per heavy atom. The standard InChI is InChI=1S/C22H24N2O5/c25-19-3-1-2-4-20(19)29-18-11-7-16(8-12-18)23-21(26)15-5-9-17(10-6-15)24-13-14-28-22(24)27/h5-12,19-20,25H,1-4,13-14H2,(H,23,26)/t19-,20+/m0/s1. The fraction of sp³-hybridized carbons (Fsp3) is 0.364. The number of ether oxygens (including phenoxy) is 2. The van der Waals surface area contributed by atoms with Crippen molar-refractivity contribution in [3.05, 3.63) is 54.1 Å². The Morgan fingerprint density at radius 1 is 1.07 bits per heavy atom. The van der Waals surface area contributed by atoms with Crippen LogP contribution in [0.5, 0.6) is 5.75 Å². The van der Waals surface area contributed by atoms with Gasteiger partial charge in [-0.15, -0.1) is 0 Å². The SMILES string of the molecule is O=C(Nc1ccc(O[C@@H]2CCCC[C@@H]2O)cc1)c1ccc(N2CCOC2=O)cc1. The number of aliphatic hydroxyl groups is 1. The number of amides is 2. The molecule has 2 N–H and O–H groups in total. The van der Waals surface area contributed by atoms with E-state index in [0.717, 1.165) is 25.7 Å². The van der Waals surface area contributed by atoms with Crippen LogP contribution in [0.25, 0.3) is 0 Å². The largest absolute Gasteiger partial charge is 0.488 e. The van der Waals surface area contributed by atoms with Crippen LogP contribution in [-0.2, 0) is 4.74 Å². The van der Waals surface area contributed by atoms with Crippen molar-refractivity contribution in [2.45, 2.75) is 37.9 Å². The molecule has 152 valence electrons. The molecule has 7 nitrogen and oxygen atoms in total. The van der Waals surface area contributed by atoms with Crippen LogP contribution in [0.3, 0.4) is 0 Å². The summed E-state index contributed by atoms with van der Waals surface area (Å²) in [4.78, 5) is 25.6. The van der Waals surface area contributed by atoms with E-state index in [2.05, 4.69) is 5.32 Å². The van der Waals surface area contributed by atoms with Gasteiger partial charge in [0.05, 0.1) is 12.6 Å². The third-order valence-electron chi connectivity index (χ3n) is 5.27. The van der Waals surface area contributed by atoms with E-state index in [0.29, 0.717) is 35.8 Å². The summed E-state index contributed by atoms with van der Waals surface area (Å²) in [6.45, 7) is 0.886. The van der Waals surface area contributed by atoms with Crippen molar-refractivity contribution < 1.29 is 24.2 Å². The van der Waals surface area contributed by atoms with Gasteiger partial charge in [-0.3, -0.25) is 9.69 Å². The Morgan fingerprint density at radius 3 is 2.45 bits per heavy atom. The Kier molecular flexibility index (Phi) is 5.67. The number of cyclic esters (lactones) is 1. The Hall–Kier alpha value is -3.06. The number of rotatable bonds is 5. The van der Waals surface area contributed by atoms with Gasteiger partial charge in [-0.05, 0) is 67.8 Å². The Labute approximate surface area is 169 Å². The predicted octanol–water partition coefficient (Wildman–Crippen LogP) is 3.58. The molecule has 1 aliphatic heterocycles. The number of benzene rings is 2. The first-order valence-electron chi connectivity index (χ1n) is 9.91. The van der Waals surface area contributed by atoms with E-state index in [-0.39, 0.29) is 18.1 Å². The number of hydrogen-bond acceptors (Lipinski definition) is 5. The lowest BCUT2D eigenvalue weighted by molar-refractivity contribution is 0.00688. The zero-order valence-electron chi connectivity index (χ0n) is 16.0. The van der Waals surface area contributed by atoms with Gasteiger partial charge in [-0.1, -0.05) is 6.42 Å². The molecule has 2 aromatic rings. The number of carbonyl (C=O) groups is 2. The van der Waals surface area contributed by atoms with Crippen molar-refractivity contribution in [3.63, 3.8) is 0 Å². The maximum Gasteiger partial charge on any atom is 0.414 e. The molecule has 1 heterocycles. The summed E-state index contributed by atoms with van der Waals surface area (Å²) < 4.78 is 10.8. The molecule has 2 fully saturated rings. The first kappa shape index (κ1) is 19.3. The van der Waals surface area contributed by atoms with Crippen molar-refractivity contribution in [1.82, 2.24) is 0 Å². The van der Waals surface area contributed by atoms with Crippen LogP contribution in [0.15, 0.2) is 48.5 Å². The molecule has 2 aromatic carbocycles. The first-order valence-corrected chi connectivity index (χ1v) is 9.91. The molecule has 2 atom stereocenters. The fourth-order valence-electron chi connectivity index (χ4n) is 3.63. The van der Waals surface area contributed by atoms with Gasteiger partial charge in [-0.2, -0.15) is 0 Å². The molecule has 0 spiro atoms. The summed E-state index contributed by atoms with van der Waals surface area (Å²) in [5.74, 6) is 0.438. The molecule has 2 amide bonds. The third-order valence-corrected chi connectivity index (χ3v) is 5.27. The minimum Gasteiger partial charge on any atom is -0.488 e. The molecule has 0 aromatic heterocycles. The van der Waals surface area contributed by atoms with Crippen molar-refractivity contribution in [3.8, 4) is 5.75 Å². The molecule has 29 heavy (non-hydrogen) atoms. The van der Waals surface area contributed by atoms with E-state index in [4.69, 9.17) is 9.47 Å². The highest BCUT2D eigenvalue weighted by Gasteiger charge is 2.25. The van der Waals surface area contributed by atoms with Gasteiger partial charge >= 0.3 is 6.09 Å². The average molecular weight is 396 g/mol. The van der Waals surface area contributed by atoms with Crippen molar-refractivity contribution in [1.29, 1.82) is 0 Å². The van der Waals surface area contributed by atoms with E-state index in [1.165, 1.54) is 4.90 Å². The van der Waals surface area contributed by atoms with E-state index in [1.54, 1.807) is 48.5 Å². The monoisotopic (exact) mass is 396 g/mol.